The molecule has 2 rings (SSSR count). The number of hydrogen-bond acceptors (Lipinski definition) is 3. The highest BCUT2D eigenvalue weighted by molar-refractivity contribution is 5.69. The van der Waals surface area contributed by atoms with Gasteiger partial charge in [0, 0.05) is 19.0 Å². The van der Waals surface area contributed by atoms with Crippen LogP contribution in [0.15, 0.2) is 24.3 Å². The summed E-state index contributed by atoms with van der Waals surface area (Å²) >= 11 is 0. The van der Waals surface area contributed by atoms with E-state index >= 15 is 0 Å². The molecule has 206 valence electrons. The molecule has 36 heavy (non-hydrogen) atoms. The van der Waals surface area contributed by atoms with Crippen molar-refractivity contribution >= 4 is 5.97 Å². The number of nitrogens with zero attached hydrogens (tertiary/aromatic N) is 1. The Hall–Kier alpha value is -1.77. The van der Waals surface area contributed by atoms with Crippen LogP contribution in [-0.4, -0.2) is 42.8 Å². The number of esters is 1. The van der Waals surface area contributed by atoms with Gasteiger partial charge in [0.2, 0.25) is 0 Å². The van der Waals surface area contributed by atoms with Crippen LogP contribution in [-0.2, 0) is 15.7 Å². The average molecular weight is 524 g/mol. The number of rotatable bonds is 12. The predicted octanol–water partition coefficient (Wildman–Crippen LogP) is 7.99. The zero-order valence-corrected chi connectivity index (χ0v) is 21.4. The molecule has 0 bridgehead atoms. The molecule has 1 saturated carbocycles. The molecule has 9 heteroatoms. The average Bonchev–Trinajstić information content (AvgIpc) is 2.78. The zero-order valence-electron chi connectivity index (χ0n) is 21.4. The molecule has 3 nitrogen and oxygen atoms in total. The highest BCUT2D eigenvalue weighted by atomic mass is 19.4. The molecule has 1 aliphatic carbocycles. The third-order valence-corrected chi connectivity index (χ3v) is 7.19. The van der Waals surface area contributed by atoms with E-state index in [1.807, 2.05) is 4.90 Å². The Labute approximate surface area is 210 Å². The maximum Gasteiger partial charge on any atom is 0.416 e. The first-order chi connectivity index (χ1) is 16.8. The molecular formula is C27H39F6NO2. The molecule has 1 aromatic carbocycles. The van der Waals surface area contributed by atoms with Crippen molar-refractivity contribution in [1.82, 2.24) is 4.90 Å². The van der Waals surface area contributed by atoms with Crippen molar-refractivity contribution < 1.29 is 35.9 Å². The minimum absolute atomic E-state index is 0.0314. The van der Waals surface area contributed by atoms with E-state index in [0.29, 0.717) is 37.3 Å². The van der Waals surface area contributed by atoms with Gasteiger partial charge in [-0.3, -0.25) is 9.69 Å². The highest BCUT2D eigenvalue weighted by Gasteiger charge is 2.38. The number of hydrogen-bond donors (Lipinski definition) is 0. The maximum absolute atomic E-state index is 13.2. The van der Waals surface area contributed by atoms with E-state index in [1.54, 1.807) is 6.92 Å². The van der Waals surface area contributed by atoms with Gasteiger partial charge in [0.25, 0.3) is 0 Å². The lowest BCUT2D eigenvalue weighted by Gasteiger charge is -2.43. The van der Waals surface area contributed by atoms with Crippen LogP contribution in [0.4, 0.5) is 26.3 Å². The van der Waals surface area contributed by atoms with E-state index in [9.17, 15) is 31.1 Å². The van der Waals surface area contributed by atoms with Crippen molar-refractivity contribution in [1.29, 1.82) is 0 Å². The topological polar surface area (TPSA) is 29.5 Å². The van der Waals surface area contributed by atoms with E-state index in [4.69, 9.17) is 4.74 Å². The molecule has 0 heterocycles. The van der Waals surface area contributed by atoms with Gasteiger partial charge >= 0.3 is 18.3 Å². The summed E-state index contributed by atoms with van der Waals surface area (Å²) in [6.07, 6.45) is -4.99. The number of carbonyl (C=O) groups is 1. The van der Waals surface area contributed by atoms with E-state index < -0.39 is 24.3 Å². The van der Waals surface area contributed by atoms with Crippen LogP contribution in [0.2, 0.25) is 0 Å². The number of benzene rings is 1. The summed E-state index contributed by atoms with van der Waals surface area (Å²) in [6, 6.07) is 4.70. The molecule has 4 unspecified atom stereocenters. The van der Waals surface area contributed by atoms with Crippen LogP contribution in [0, 0.1) is 11.8 Å². The third-order valence-electron chi connectivity index (χ3n) is 7.19. The molecule has 0 spiro atoms. The van der Waals surface area contributed by atoms with Gasteiger partial charge in [-0.25, -0.2) is 0 Å². The SMILES string of the molecule is CCCC(C)CCN(CCC(F)(F)F)C1CCC(CC(=O)OCC)CC1c1ccc(C(F)(F)F)cc1. The van der Waals surface area contributed by atoms with Crippen LogP contribution in [0.5, 0.6) is 0 Å². The molecule has 0 aliphatic heterocycles. The fraction of sp³-hybridized carbons (Fsp3) is 0.741. The second kappa shape index (κ2) is 13.7. The van der Waals surface area contributed by atoms with Crippen molar-refractivity contribution in [3.8, 4) is 0 Å². The van der Waals surface area contributed by atoms with Crippen molar-refractivity contribution in [2.75, 3.05) is 19.7 Å². The molecule has 0 saturated heterocycles. The summed E-state index contributed by atoms with van der Waals surface area (Å²) in [5, 5.41) is 0. The Bertz CT molecular complexity index is 793. The van der Waals surface area contributed by atoms with Gasteiger partial charge in [-0.2, -0.15) is 26.3 Å². The fourth-order valence-electron chi connectivity index (χ4n) is 5.33. The molecule has 0 aromatic heterocycles. The normalized spacial score (nSPS) is 22.0. The van der Waals surface area contributed by atoms with Gasteiger partial charge in [-0.1, -0.05) is 38.8 Å². The maximum atomic E-state index is 13.2. The van der Waals surface area contributed by atoms with E-state index in [0.717, 1.165) is 31.4 Å². The van der Waals surface area contributed by atoms with Crippen molar-refractivity contribution in [2.45, 2.75) is 96.5 Å². The molecule has 0 amide bonds. The monoisotopic (exact) mass is 523 g/mol. The Morgan fingerprint density at radius 2 is 1.69 bits per heavy atom. The van der Waals surface area contributed by atoms with E-state index in [2.05, 4.69) is 13.8 Å². The standard InChI is InChI=1S/C27H39F6NO2/c1-4-6-19(3)13-15-34(16-14-26(28,29)30)24-12-7-20(18-25(35)36-5-2)17-23(24)21-8-10-22(11-9-21)27(31,32)33/h8-11,19-20,23-24H,4-7,12-18H2,1-3H3. The molecule has 1 aromatic rings. The molecule has 1 fully saturated rings. The summed E-state index contributed by atoms with van der Waals surface area (Å²) in [7, 11) is 0. The Morgan fingerprint density at radius 1 is 1.03 bits per heavy atom. The Balaban J connectivity index is 2.32. The Morgan fingerprint density at radius 3 is 2.25 bits per heavy atom. The summed E-state index contributed by atoms with van der Waals surface area (Å²) in [4.78, 5) is 14.0. The summed E-state index contributed by atoms with van der Waals surface area (Å²) < 4.78 is 84.0. The first-order valence-electron chi connectivity index (χ1n) is 13.0. The Kier molecular flexibility index (Phi) is 11.6. The lowest BCUT2D eigenvalue weighted by Crippen LogP contribution is -2.45. The van der Waals surface area contributed by atoms with Crippen LogP contribution < -0.4 is 0 Å². The molecular weight excluding hydrogens is 484 g/mol. The van der Waals surface area contributed by atoms with Gasteiger partial charge in [0.05, 0.1) is 18.6 Å². The van der Waals surface area contributed by atoms with Crippen LogP contribution in [0.25, 0.3) is 0 Å². The van der Waals surface area contributed by atoms with Gasteiger partial charge in [0.1, 0.15) is 0 Å². The van der Waals surface area contributed by atoms with E-state index in [-0.39, 0.29) is 43.4 Å². The minimum atomic E-state index is -4.47. The lowest BCUT2D eigenvalue weighted by atomic mass is 9.72. The zero-order chi connectivity index (χ0) is 26.9. The second-order valence-corrected chi connectivity index (χ2v) is 10.1. The quantitative estimate of drug-likeness (QED) is 0.205. The summed E-state index contributed by atoms with van der Waals surface area (Å²) in [6.45, 7) is 6.50. The van der Waals surface area contributed by atoms with E-state index in [1.165, 1.54) is 12.1 Å². The van der Waals surface area contributed by atoms with Crippen molar-refractivity contribution in [2.24, 2.45) is 11.8 Å². The summed E-state index contributed by atoms with van der Waals surface area (Å²) in [5.41, 5.74) is -0.0934. The van der Waals surface area contributed by atoms with Gasteiger partial charge < -0.3 is 4.74 Å². The largest absolute Gasteiger partial charge is 0.466 e. The van der Waals surface area contributed by atoms with Gasteiger partial charge in [-0.05, 0) is 74.6 Å². The van der Waals surface area contributed by atoms with Crippen molar-refractivity contribution in [3.63, 3.8) is 0 Å². The van der Waals surface area contributed by atoms with Crippen molar-refractivity contribution in [3.05, 3.63) is 35.4 Å². The first kappa shape index (κ1) is 30.5. The minimum Gasteiger partial charge on any atom is -0.466 e. The molecule has 0 N–H and O–H groups in total. The van der Waals surface area contributed by atoms with Gasteiger partial charge in [0.15, 0.2) is 0 Å². The van der Waals surface area contributed by atoms with Crippen LogP contribution >= 0.6 is 0 Å². The van der Waals surface area contributed by atoms with Gasteiger partial charge in [-0.15, -0.1) is 0 Å². The second-order valence-electron chi connectivity index (χ2n) is 10.1. The third kappa shape index (κ3) is 9.94. The van der Waals surface area contributed by atoms with Crippen LogP contribution in [0.3, 0.4) is 0 Å². The number of alkyl halides is 6. The van der Waals surface area contributed by atoms with Crippen LogP contribution in [0.1, 0.15) is 89.2 Å². The predicted molar refractivity (Wildman–Crippen MR) is 127 cm³/mol. The first-order valence-corrected chi connectivity index (χ1v) is 13.0. The summed E-state index contributed by atoms with van der Waals surface area (Å²) in [5.74, 6) is -0.256. The fourth-order valence-corrected chi connectivity index (χ4v) is 5.33. The molecule has 1 aliphatic rings. The highest BCUT2D eigenvalue weighted by Crippen LogP contribution is 2.42. The lowest BCUT2D eigenvalue weighted by molar-refractivity contribution is -0.145. The molecule has 4 atom stereocenters. The smallest absolute Gasteiger partial charge is 0.416 e. The molecule has 0 radical (unpaired) electrons. The number of ether oxygens (including phenoxy) is 1. The number of halogens is 6. The number of carbonyl (C=O) groups excluding carboxylic acids is 1.